The Morgan fingerprint density at radius 3 is 2.29 bits per heavy atom. The van der Waals surface area contributed by atoms with Gasteiger partial charge in [0.25, 0.3) is 0 Å². The molecule has 0 amide bonds. The molecule has 3 rings (SSSR count). The van der Waals surface area contributed by atoms with Gasteiger partial charge in [-0.3, -0.25) is 4.79 Å². The van der Waals surface area contributed by atoms with Gasteiger partial charge < -0.3 is 15.3 Å². The number of alkyl halides is 3. The molecular formula is C26H25F3N2O3. The summed E-state index contributed by atoms with van der Waals surface area (Å²) in [6.45, 7) is 3.05. The van der Waals surface area contributed by atoms with Crippen molar-refractivity contribution in [3.05, 3.63) is 95.1 Å². The Kier molecular flexibility index (Phi) is 8.43. The van der Waals surface area contributed by atoms with Crippen molar-refractivity contribution in [1.29, 1.82) is 0 Å². The van der Waals surface area contributed by atoms with Crippen LogP contribution in [0, 0.1) is 0 Å². The van der Waals surface area contributed by atoms with E-state index in [4.69, 9.17) is 9.94 Å². The van der Waals surface area contributed by atoms with Crippen molar-refractivity contribution in [1.82, 2.24) is 5.32 Å². The molecular weight excluding hydrogens is 445 g/mol. The van der Waals surface area contributed by atoms with Gasteiger partial charge in [0, 0.05) is 13.1 Å². The Balaban J connectivity index is 1.52. The number of aliphatic carboxylic acids is 1. The van der Waals surface area contributed by atoms with Gasteiger partial charge in [-0.1, -0.05) is 65.8 Å². The molecule has 34 heavy (non-hydrogen) atoms. The monoisotopic (exact) mass is 470 g/mol. The Bertz CT molecular complexity index is 1130. The quantitative estimate of drug-likeness (QED) is 0.221. The van der Waals surface area contributed by atoms with E-state index in [1.807, 2.05) is 31.2 Å². The van der Waals surface area contributed by atoms with Gasteiger partial charge in [0.1, 0.15) is 6.61 Å². The predicted molar refractivity (Wildman–Crippen MR) is 124 cm³/mol. The molecule has 0 saturated heterocycles. The molecule has 0 aliphatic rings. The Morgan fingerprint density at radius 2 is 1.65 bits per heavy atom. The molecule has 0 atom stereocenters. The van der Waals surface area contributed by atoms with Crippen LogP contribution in [-0.4, -0.2) is 23.3 Å². The largest absolute Gasteiger partial charge is 0.481 e. The first-order valence-corrected chi connectivity index (χ1v) is 10.7. The smallest absolute Gasteiger partial charge is 0.416 e. The first kappa shape index (κ1) is 25.0. The number of carbonyl (C=O) groups is 1. The van der Waals surface area contributed by atoms with Crippen LogP contribution in [-0.2, 0) is 29.0 Å². The SMILES string of the molecule is C/C(=N\OCc1ccc(-c2cccc(C(F)(F)F)c2)cc1)c1ccc(CNCCC(=O)O)cc1. The highest BCUT2D eigenvalue weighted by atomic mass is 19.4. The molecule has 3 aromatic rings. The lowest BCUT2D eigenvalue weighted by atomic mass is 10.0. The molecule has 178 valence electrons. The lowest BCUT2D eigenvalue weighted by Crippen LogP contribution is -2.17. The third kappa shape index (κ3) is 7.45. The van der Waals surface area contributed by atoms with Crippen LogP contribution in [0.1, 0.15) is 35.6 Å². The minimum atomic E-state index is -4.38. The zero-order valence-electron chi connectivity index (χ0n) is 18.6. The fourth-order valence-corrected chi connectivity index (χ4v) is 3.22. The van der Waals surface area contributed by atoms with E-state index in [1.165, 1.54) is 6.07 Å². The molecule has 0 spiro atoms. The maximum atomic E-state index is 12.9. The number of carboxylic acid groups (broad SMARTS) is 1. The number of nitrogens with zero attached hydrogens (tertiary/aromatic N) is 1. The van der Waals surface area contributed by atoms with E-state index in [2.05, 4.69) is 10.5 Å². The van der Waals surface area contributed by atoms with Gasteiger partial charge in [-0.25, -0.2) is 0 Å². The number of carboxylic acids is 1. The lowest BCUT2D eigenvalue weighted by molar-refractivity contribution is -0.138. The number of halogens is 3. The Morgan fingerprint density at radius 1 is 0.971 bits per heavy atom. The number of benzene rings is 3. The normalized spacial score (nSPS) is 11.9. The fraction of sp³-hybridized carbons (Fsp3) is 0.231. The van der Waals surface area contributed by atoms with Crippen LogP contribution in [0.2, 0.25) is 0 Å². The molecule has 0 unspecified atom stereocenters. The van der Waals surface area contributed by atoms with Crippen LogP contribution in [0.3, 0.4) is 0 Å². The Labute approximate surface area is 195 Å². The molecule has 0 heterocycles. The summed E-state index contributed by atoms with van der Waals surface area (Å²) in [4.78, 5) is 16.0. The molecule has 0 radical (unpaired) electrons. The van der Waals surface area contributed by atoms with E-state index < -0.39 is 17.7 Å². The molecule has 5 nitrogen and oxygen atoms in total. The third-order valence-electron chi connectivity index (χ3n) is 5.13. The van der Waals surface area contributed by atoms with Crippen molar-refractivity contribution in [3.8, 4) is 11.1 Å². The van der Waals surface area contributed by atoms with Gasteiger partial charge in [-0.2, -0.15) is 13.2 Å². The molecule has 8 heteroatoms. The average molecular weight is 470 g/mol. The van der Waals surface area contributed by atoms with E-state index in [9.17, 15) is 18.0 Å². The molecule has 0 saturated carbocycles. The highest BCUT2D eigenvalue weighted by molar-refractivity contribution is 5.98. The molecule has 0 aromatic heterocycles. The van der Waals surface area contributed by atoms with Gasteiger partial charge in [-0.15, -0.1) is 0 Å². The van der Waals surface area contributed by atoms with Gasteiger partial charge >= 0.3 is 12.1 Å². The van der Waals surface area contributed by atoms with Crippen LogP contribution in [0.15, 0.2) is 78.0 Å². The van der Waals surface area contributed by atoms with Crippen LogP contribution >= 0.6 is 0 Å². The highest BCUT2D eigenvalue weighted by Crippen LogP contribution is 2.32. The molecule has 0 aliphatic carbocycles. The zero-order chi connectivity index (χ0) is 24.6. The summed E-state index contributed by atoms with van der Waals surface area (Å²) in [6, 6.07) is 20.1. The zero-order valence-corrected chi connectivity index (χ0v) is 18.6. The molecule has 2 N–H and O–H groups in total. The van der Waals surface area contributed by atoms with E-state index in [0.29, 0.717) is 29.9 Å². The summed E-state index contributed by atoms with van der Waals surface area (Å²) >= 11 is 0. The summed E-state index contributed by atoms with van der Waals surface area (Å²) in [7, 11) is 0. The van der Waals surface area contributed by atoms with Gasteiger partial charge in [0.2, 0.25) is 0 Å². The number of hydrogen-bond donors (Lipinski definition) is 2. The number of oxime groups is 1. The summed E-state index contributed by atoms with van der Waals surface area (Å²) < 4.78 is 38.8. The van der Waals surface area contributed by atoms with Crippen molar-refractivity contribution in [2.75, 3.05) is 6.54 Å². The summed E-state index contributed by atoms with van der Waals surface area (Å²) in [5.74, 6) is -0.832. The second-order valence-electron chi connectivity index (χ2n) is 7.74. The maximum Gasteiger partial charge on any atom is 0.416 e. The molecule has 0 bridgehead atoms. The number of nitrogens with one attached hydrogen (secondary N) is 1. The summed E-state index contributed by atoms with van der Waals surface area (Å²) in [6.07, 6.45) is -4.30. The van der Waals surface area contributed by atoms with Gasteiger partial charge in [0.05, 0.1) is 17.7 Å². The second kappa shape index (κ2) is 11.5. The first-order valence-electron chi connectivity index (χ1n) is 10.7. The maximum absolute atomic E-state index is 12.9. The predicted octanol–water partition coefficient (Wildman–Crippen LogP) is 5.88. The number of hydrogen-bond acceptors (Lipinski definition) is 4. The summed E-state index contributed by atoms with van der Waals surface area (Å²) in [5, 5.41) is 15.9. The molecule has 3 aromatic carbocycles. The second-order valence-corrected chi connectivity index (χ2v) is 7.74. The first-order chi connectivity index (χ1) is 16.2. The topological polar surface area (TPSA) is 70.9 Å². The number of rotatable bonds is 10. The van der Waals surface area contributed by atoms with Crippen molar-refractivity contribution in [3.63, 3.8) is 0 Å². The van der Waals surface area contributed by atoms with E-state index in [0.717, 1.165) is 28.8 Å². The van der Waals surface area contributed by atoms with Crippen molar-refractivity contribution in [2.45, 2.75) is 32.7 Å². The van der Waals surface area contributed by atoms with E-state index in [1.54, 1.807) is 30.3 Å². The fourth-order valence-electron chi connectivity index (χ4n) is 3.22. The van der Waals surface area contributed by atoms with E-state index >= 15 is 0 Å². The van der Waals surface area contributed by atoms with Crippen LogP contribution in [0.5, 0.6) is 0 Å². The van der Waals surface area contributed by atoms with Gasteiger partial charge in [-0.05, 0) is 46.9 Å². The Hall–Kier alpha value is -3.65. The molecule has 0 fully saturated rings. The summed E-state index contributed by atoms with van der Waals surface area (Å²) in [5.41, 5.74) is 3.98. The van der Waals surface area contributed by atoms with Crippen molar-refractivity contribution < 1.29 is 27.9 Å². The standard InChI is InChI=1S/C26H25F3N2O3/c1-18(21-9-5-19(6-10-21)16-30-14-13-25(32)33)31-34-17-20-7-11-22(12-8-20)23-3-2-4-24(15-23)26(27,28)29/h2-12,15,30H,13-14,16-17H2,1H3,(H,32,33)/b31-18+. The van der Waals surface area contributed by atoms with Crippen molar-refractivity contribution in [2.24, 2.45) is 5.16 Å². The minimum Gasteiger partial charge on any atom is -0.481 e. The van der Waals surface area contributed by atoms with Crippen molar-refractivity contribution >= 4 is 11.7 Å². The van der Waals surface area contributed by atoms with Crippen LogP contribution < -0.4 is 5.32 Å². The van der Waals surface area contributed by atoms with Gasteiger partial charge in [0.15, 0.2) is 0 Å². The van der Waals surface area contributed by atoms with Crippen LogP contribution in [0.4, 0.5) is 13.2 Å². The highest BCUT2D eigenvalue weighted by Gasteiger charge is 2.30. The van der Waals surface area contributed by atoms with E-state index in [-0.39, 0.29) is 13.0 Å². The third-order valence-corrected chi connectivity index (χ3v) is 5.13. The average Bonchev–Trinajstić information content (AvgIpc) is 2.82. The van der Waals surface area contributed by atoms with Crippen LogP contribution in [0.25, 0.3) is 11.1 Å². The lowest BCUT2D eigenvalue weighted by Gasteiger charge is -2.09. The molecule has 0 aliphatic heterocycles. The minimum absolute atomic E-state index is 0.0785.